The zero-order chi connectivity index (χ0) is 21.4. The third kappa shape index (κ3) is 3.11. The minimum absolute atomic E-state index is 0.0570. The molecule has 8 heteroatoms. The molecule has 2 unspecified atom stereocenters. The van der Waals surface area contributed by atoms with Crippen LogP contribution in [0.5, 0.6) is 0 Å². The van der Waals surface area contributed by atoms with E-state index in [0.717, 1.165) is 32.1 Å². The molecule has 0 aliphatic heterocycles. The van der Waals surface area contributed by atoms with Gasteiger partial charge < -0.3 is 0 Å². The molecule has 0 spiro atoms. The summed E-state index contributed by atoms with van der Waals surface area (Å²) in [6, 6.07) is 0. The van der Waals surface area contributed by atoms with Crippen LogP contribution in [0, 0.1) is 34.5 Å². The number of hydrogen-bond donors (Lipinski definition) is 0. The topological polar surface area (TPSA) is 60.4 Å². The van der Waals surface area contributed by atoms with Crippen LogP contribution in [0.25, 0.3) is 0 Å². The molecule has 0 N–H and O–H groups in total. The van der Waals surface area contributed by atoms with E-state index in [1.54, 1.807) is 6.92 Å². The summed E-state index contributed by atoms with van der Waals surface area (Å²) in [6.45, 7) is 6.37. The van der Waals surface area contributed by atoms with Crippen molar-refractivity contribution in [1.29, 1.82) is 0 Å². The Kier molecular flexibility index (Phi) is 4.82. The highest BCUT2D eigenvalue weighted by Crippen LogP contribution is 2.64. The van der Waals surface area contributed by atoms with E-state index < -0.39 is 32.9 Å². The van der Waals surface area contributed by atoms with Gasteiger partial charge in [0.15, 0.2) is 5.78 Å². The average Bonchev–Trinajstić information content (AvgIpc) is 2.86. The van der Waals surface area contributed by atoms with Crippen LogP contribution in [-0.4, -0.2) is 25.8 Å². The van der Waals surface area contributed by atoms with Crippen molar-refractivity contribution in [1.82, 2.24) is 0 Å². The normalized spacial score (nSPS) is 45.2. The second kappa shape index (κ2) is 6.55. The van der Waals surface area contributed by atoms with Crippen LogP contribution in [0.4, 0.5) is 13.2 Å². The van der Waals surface area contributed by atoms with Crippen molar-refractivity contribution in [2.24, 2.45) is 34.5 Å². The minimum Gasteiger partial charge on any atom is -0.296 e. The molecule has 4 aliphatic carbocycles. The van der Waals surface area contributed by atoms with Gasteiger partial charge in [0.1, 0.15) is 6.10 Å². The van der Waals surface area contributed by atoms with Crippen molar-refractivity contribution in [3.05, 3.63) is 11.6 Å². The third-order valence-electron chi connectivity index (χ3n) is 8.59. The molecule has 0 aromatic heterocycles. The molecule has 0 aromatic rings. The zero-order valence-corrected chi connectivity index (χ0v) is 17.9. The van der Waals surface area contributed by atoms with Crippen LogP contribution in [0.1, 0.15) is 65.7 Å². The van der Waals surface area contributed by atoms with Gasteiger partial charge in [0.2, 0.25) is 0 Å². The molecule has 3 saturated carbocycles. The Morgan fingerprint density at radius 1 is 1.10 bits per heavy atom. The van der Waals surface area contributed by atoms with Gasteiger partial charge >= 0.3 is 15.6 Å². The Morgan fingerprint density at radius 2 is 1.76 bits per heavy atom. The molecule has 4 rings (SSSR count). The number of halogens is 3. The summed E-state index contributed by atoms with van der Waals surface area (Å²) in [5, 5.41) is 0. The lowest BCUT2D eigenvalue weighted by Gasteiger charge is -2.56. The number of rotatable bonds is 2. The van der Waals surface area contributed by atoms with E-state index >= 15 is 0 Å². The maximum atomic E-state index is 13.0. The van der Waals surface area contributed by atoms with Gasteiger partial charge in [-0.1, -0.05) is 32.4 Å². The molecule has 3 fully saturated rings. The fourth-order valence-electron chi connectivity index (χ4n) is 6.90. The molecule has 7 atom stereocenters. The van der Waals surface area contributed by atoms with Gasteiger partial charge in [0.05, 0.1) is 0 Å². The van der Waals surface area contributed by atoms with Crippen LogP contribution in [0.2, 0.25) is 0 Å². The van der Waals surface area contributed by atoms with Crippen molar-refractivity contribution in [2.45, 2.75) is 77.3 Å². The van der Waals surface area contributed by atoms with Crippen LogP contribution in [0.15, 0.2) is 11.6 Å². The van der Waals surface area contributed by atoms with Gasteiger partial charge in [0.25, 0.3) is 0 Å². The van der Waals surface area contributed by atoms with E-state index in [9.17, 15) is 26.4 Å². The lowest BCUT2D eigenvalue weighted by atomic mass is 9.47. The number of ketones is 1. The smallest absolute Gasteiger partial charge is 0.296 e. The number of fused-ring (bicyclic) bond motifs is 5. The number of alkyl halides is 3. The van der Waals surface area contributed by atoms with E-state index in [0.29, 0.717) is 18.3 Å². The van der Waals surface area contributed by atoms with Crippen LogP contribution < -0.4 is 0 Å². The predicted molar refractivity (Wildman–Crippen MR) is 101 cm³/mol. The molecule has 0 bridgehead atoms. The van der Waals surface area contributed by atoms with Crippen LogP contribution in [-0.2, 0) is 19.1 Å². The summed E-state index contributed by atoms with van der Waals surface area (Å²) in [5.74, 6) is 0.612. The first-order valence-electron chi connectivity index (χ1n) is 10.5. The Morgan fingerprint density at radius 3 is 2.41 bits per heavy atom. The molecule has 0 saturated heterocycles. The van der Waals surface area contributed by atoms with Gasteiger partial charge in [-0.25, -0.2) is 0 Å². The molecule has 4 aliphatic rings. The Balaban J connectivity index is 1.62. The van der Waals surface area contributed by atoms with Gasteiger partial charge in [-0.05, 0) is 74.0 Å². The van der Waals surface area contributed by atoms with E-state index in [1.165, 1.54) is 5.57 Å². The maximum Gasteiger partial charge on any atom is 0.523 e. The largest absolute Gasteiger partial charge is 0.523 e. The minimum atomic E-state index is -5.78. The second-order valence-electron chi connectivity index (χ2n) is 10.1. The molecular weight excluding hydrogens is 405 g/mol. The summed E-state index contributed by atoms with van der Waals surface area (Å²) in [6.07, 6.45) is 6.43. The van der Waals surface area contributed by atoms with E-state index in [4.69, 9.17) is 0 Å². The Labute approximate surface area is 170 Å². The van der Waals surface area contributed by atoms with Crippen molar-refractivity contribution in [2.75, 3.05) is 0 Å². The van der Waals surface area contributed by atoms with Crippen molar-refractivity contribution in [3.8, 4) is 0 Å². The van der Waals surface area contributed by atoms with Crippen molar-refractivity contribution in [3.63, 3.8) is 0 Å². The fourth-order valence-corrected chi connectivity index (χ4v) is 7.48. The first-order valence-corrected chi connectivity index (χ1v) is 11.9. The van der Waals surface area contributed by atoms with Crippen molar-refractivity contribution < 1.29 is 30.6 Å². The van der Waals surface area contributed by atoms with Gasteiger partial charge in [-0.3, -0.25) is 8.98 Å². The van der Waals surface area contributed by atoms with Gasteiger partial charge in [-0.2, -0.15) is 21.6 Å². The third-order valence-corrected chi connectivity index (χ3v) is 9.64. The highest BCUT2D eigenvalue weighted by Gasteiger charge is 2.63. The first-order chi connectivity index (χ1) is 13.3. The summed E-state index contributed by atoms with van der Waals surface area (Å²) in [5.41, 5.74) is -4.75. The van der Waals surface area contributed by atoms with E-state index in [-0.39, 0.29) is 23.7 Å². The van der Waals surface area contributed by atoms with E-state index in [1.807, 2.05) is 0 Å². The number of hydrogen-bond acceptors (Lipinski definition) is 4. The summed E-state index contributed by atoms with van der Waals surface area (Å²) in [7, 11) is -5.78. The monoisotopic (exact) mass is 434 g/mol. The highest BCUT2D eigenvalue weighted by molar-refractivity contribution is 7.87. The molecule has 0 amide bonds. The van der Waals surface area contributed by atoms with E-state index in [2.05, 4.69) is 24.1 Å². The second-order valence-corrected chi connectivity index (χ2v) is 11.7. The summed E-state index contributed by atoms with van der Waals surface area (Å²) in [4.78, 5) is 13.0. The summed E-state index contributed by atoms with van der Waals surface area (Å²) >= 11 is 0. The molecule has 4 nitrogen and oxygen atoms in total. The maximum absolute atomic E-state index is 13.0. The lowest BCUT2D eigenvalue weighted by Crippen LogP contribution is -2.50. The first kappa shape index (κ1) is 21.3. The highest BCUT2D eigenvalue weighted by atomic mass is 32.2. The Hall–Kier alpha value is -0.890. The quantitative estimate of drug-likeness (QED) is 0.349. The molecule has 164 valence electrons. The van der Waals surface area contributed by atoms with Gasteiger partial charge in [-0.15, -0.1) is 0 Å². The molecule has 0 radical (unpaired) electrons. The number of Topliss-reactive ketones (excluding diaryl/α,β-unsaturated/α-hetero) is 1. The SMILES string of the molecule is CC1CC[C@@]2(C)C(=CC[C@@H]3[C@H]2CC[C@]2(C)C(=O)C(OS(=O)(=O)C(F)(F)F)C[C@@H]32)C1. The lowest BCUT2D eigenvalue weighted by molar-refractivity contribution is -0.136. The molecular formula is C21H29F3O4S. The zero-order valence-electron chi connectivity index (χ0n) is 17.1. The van der Waals surface area contributed by atoms with Crippen molar-refractivity contribution >= 4 is 15.9 Å². The van der Waals surface area contributed by atoms with Crippen LogP contribution in [0.3, 0.4) is 0 Å². The number of carbonyl (C=O) groups excluding carboxylic acids is 1. The number of allylic oxidation sites excluding steroid dienone is 2. The predicted octanol–water partition coefficient (Wildman–Crippen LogP) is 5.00. The number of carbonyl (C=O) groups is 1. The van der Waals surface area contributed by atoms with Gasteiger partial charge in [0, 0.05) is 5.41 Å². The Bertz CT molecular complexity index is 848. The summed E-state index contributed by atoms with van der Waals surface area (Å²) < 4.78 is 65.8. The van der Waals surface area contributed by atoms with Crippen LogP contribution >= 0.6 is 0 Å². The molecule has 0 heterocycles. The molecule has 29 heavy (non-hydrogen) atoms. The molecule has 0 aromatic carbocycles. The fraction of sp³-hybridized carbons (Fsp3) is 0.857. The average molecular weight is 435 g/mol. The standard InChI is InChI=1S/C21H29F3O4S/c1-12-6-8-19(2)13(10-12)4-5-14-15(19)7-9-20(3)16(14)11-17(18(20)25)28-29(26,27)21(22,23)24/h4,12,14-17H,5-11H2,1-3H3/t12?,14-,15-,16+,17?,19+,20+/m1/s1.